The summed E-state index contributed by atoms with van der Waals surface area (Å²) in [5.74, 6) is 0.795. The Morgan fingerprint density at radius 2 is 2.00 bits per heavy atom. The van der Waals surface area contributed by atoms with Crippen molar-refractivity contribution in [2.45, 2.75) is 51.5 Å². The minimum atomic E-state index is -0.178. The lowest BCUT2D eigenvalue weighted by Crippen LogP contribution is -2.18. The average molecular weight is 300 g/mol. The molecule has 0 bridgehead atoms. The van der Waals surface area contributed by atoms with Gasteiger partial charge in [0.1, 0.15) is 0 Å². The molecule has 0 amide bonds. The van der Waals surface area contributed by atoms with E-state index in [0.717, 1.165) is 30.7 Å². The molecule has 0 radical (unpaired) electrons. The van der Waals surface area contributed by atoms with Gasteiger partial charge in [-0.25, -0.2) is 4.98 Å². The van der Waals surface area contributed by atoms with Crippen molar-refractivity contribution in [1.82, 2.24) is 9.97 Å². The van der Waals surface area contributed by atoms with Gasteiger partial charge in [0.15, 0.2) is 11.4 Å². The summed E-state index contributed by atoms with van der Waals surface area (Å²) >= 11 is 1.53. The van der Waals surface area contributed by atoms with Crippen molar-refractivity contribution in [2.24, 2.45) is 0 Å². The minimum Gasteiger partial charge on any atom is -0.353 e. The summed E-state index contributed by atoms with van der Waals surface area (Å²) in [7, 11) is 0. The van der Waals surface area contributed by atoms with Gasteiger partial charge in [-0.3, -0.25) is 4.79 Å². The molecule has 1 aromatic rings. The van der Waals surface area contributed by atoms with E-state index in [9.17, 15) is 4.79 Å². The molecule has 1 heterocycles. The molecule has 6 heteroatoms. The molecule has 0 fully saturated rings. The molecule has 1 rings (SSSR count). The lowest BCUT2D eigenvalue weighted by Gasteiger charge is -2.16. The van der Waals surface area contributed by atoms with Gasteiger partial charge in [0.25, 0.3) is 5.56 Å². The van der Waals surface area contributed by atoms with Gasteiger partial charge < -0.3 is 14.5 Å². The maximum atomic E-state index is 11.5. The van der Waals surface area contributed by atoms with Crippen LogP contribution in [0.4, 0.5) is 0 Å². The zero-order valence-electron chi connectivity index (χ0n) is 12.5. The third-order valence-corrected chi connectivity index (χ3v) is 3.48. The number of aromatic nitrogens is 2. The third-order valence-electron chi connectivity index (χ3n) is 2.58. The van der Waals surface area contributed by atoms with E-state index in [1.54, 1.807) is 6.07 Å². The molecule has 5 nitrogen and oxygen atoms in total. The first-order valence-electron chi connectivity index (χ1n) is 7.15. The summed E-state index contributed by atoms with van der Waals surface area (Å²) in [6.07, 6.45) is 2.41. The summed E-state index contributed by atoms with van der Waals surface area (Å²) in [4.78, 5) is 18.7. The predicted octanol–water partition coefficient (Wildman–Crippen LogP) is 2.60. The zero-order valence-corrected chi connectivity index (χ0v) is 13.3. The Labute approximate surface area is 124 Å². The summed E-state index contributed by atoms with van der Waals surface area (Å²) in [5.41, 5.74) is 0.766. The van der Waals surface area contributed by atoms with Crippen LogP contribution in [0.5, 0.6) is 0 Å². The van der Waals surface area contributed by atoms with Gasteiger partial charge >= 0.3 is 0 Å². The largest absolute Gasteiger partial charge is 0.353 e. The topological polar surface area (TPSA) is 64.2 Å². The summed E-state index contributed by atoms with van der Waals surface area (Å²) in [6, 6.07) is 1.57. The van der Waals surface area contributed by atoms with Crippen LogP contribution in [0.15, 0.2) is 16.0 Å². The van der Waals surface area contributed by atoms with E-state index >= 15 is 0 Å². The Kier molecular flexibility index (Phi) is 8.57. The Morgan fingerprint density at radius 3 is 2.60 bits per heavy atom. The molecule has 0 saturated heterocycles. The van der Waals surface area contributed by atoms with Gasteiger partial charge in [-0.05, 0) is 20.3 Å². The lowest BCUT2D eigenvalue weighted by molar-refractivity contribution is -0.136. The summed E-state index contributed by atoms with van der Waals surface area (Å²) in [6.45, 7) is 7.25. The van der Waals surface area contributed by atoms with Gasteiger partial charge in [-0.1, -0.05) is 25.1 Å². The van der Waals surface area contributed by atoms with Gasteiger partial charge in [0.05, 0.1) is 0 Å². The van der Waals surface area contributed by atoms with Crippen LogP contribution in [-0.4, -0.2) is 35.2 Å². The summed E-state index contributed by atoms with van der Waals surface area (Å²) in [5, 5.41) is 0.674. The van der Waals surface area contributed by atoms with E-state index in [-0.39, 0.29) is 11.8 Å². The molecule has 0 saturated carbocycles. The van der Waals surface area contributed by atoms with Crippen molar-refractivity contribution in [3.05, 3.63) is 22.1 Å². The van der Waals surface area contributed by atoms with Crippen molar-refractivity contribution >= 4 is 11.8 Å². The zero-order chi connectivity index (χ0) is 14.8. The molecular weight excluding hydrogens is 276 g/mol. The molecule has 0 aliphatic carbocycles. The summed E-state index contributed by atoms with van der Waals surface area (Å²) < 4.78 is 11.0. The maximum absolute atomic E-state index is 11.5. The fourth-order valence-corrected chi connectivity index (χ4v) is 2.63. The smallest absolute Gasteiger partial charge is 0.251 e. The highest BCUT2D eigenvalue weighted by Gasteiger charge is 2.09. The average Bonchev–Trinajstić information content (AvgIpc) is 2.39. The van der Waals surface area contributed by atoms with Crippen LogP contribution in [0.2, 0.25) is 0 Å². The first kappa shape index (κ1) is 17.2. The van der Waals surface area contributed by atoms with Crippen molar-refractivity contribution in [2.75, 3.05) is 19.0 Å². The molecule has 0 unspecified atom stereocenters. The molecule has 0 atom stereocenters. The quantitative estimate of drug-likeness (QED) is 0.409. The standard InChI is InChI=1S/C14H24N2O3S/c1-4-7-11-10-12(17)16-14(15-11)20-9-8-13(18-5-2)19-6-3/h10,13H,4-9H2,1-3H3,(H,15,16,17). The Bertz CT molecular complexity index is 431. The van der Waals surface area contributed by atoms with Crippen molar-refractivity contribution < 1.29 is 9.47 Å². The van der Waals surface area contributed by atoms with E-state index in [0.29, 0.717) is 18.4 Å². The fourth-order valence-electron chi connectivity index (χ4n) is 1.77. The van der Waals surface area contributed by atoms with Gasteiger partial charge in [0.2, 0.25) is 0 Å². The van der Waals surface area contributed by atoms with E-state index in [4.69, 9.17) is 9.47 Å². The minimum absolute atomic E-state index is 0.0860. The highest BCUT2D eigenvalue weighted by molar-refractivity contribution is 7.99. The maximum Gasteiger partial charge on any atom is 0.251 e. The van der Waals surface area contributed by atoms with Crippen molar-refractivity contribution in [3.8, 4) is 0 Å². The second kappa shape index (κ2) is 9.96. The molecule has 0 aliphatic heterocycles. The first-order chi connectivity index (χ1) is 9.69. The highest BCUT2D eigenvalue weighted by Crippen LogP contribution is 2.15. The Hall–Kier alpha value is -0.850. The van der Waals surface area contributed by atoms with Crippen molar-refractivity contribution in [3.63, 3.8) is 0 Å². The van der Waals surface area contributed by atoms with Crippen LogP contribution in [0.1, 0.15) is 39.3 Å². The van der Waals surface area contributed by atoms with E-state index in [1.807, 2.05) is 13.8 Å². The number of aromatic amines is 1. The molecule has 1 N–H and O–H groups in total. The number of rotatable bonds is 10. The number of thioether (sulfide) groups is 1. The van der Waals surface area contributed by atoms with E-state index in [1.165, 1.54) is 11.8 Å². The molecule has 0 aliphatic rings. The van der Waals surface area contributed by atoms with Gasteiger partial charge in [-0.15, -0.1) is 0 Å². The van der Waals surface area contributed by atoms with Gasteiger partial charge in [0, 0.05) is 37.1 Å². The predicted molar refractivity (Wildman–Crippen MR) is 81.2 cm³/mol. The normalized spacial score (nSPS) is 11.2. The number of aryl methyl sites for hydroxylation is 1. The van der Waals surface area contributed by atoms with Crippen LogP contribution in [0, 0.1) is 0 Å². The molecule has 114 valence electrons. The van der Waals surface area contributed by atoms with Crippen LogP contribution in [0.25, 0.3) is 0 Å². The fraction of sp³-hybridized carbons (Fsp3) is 0.714. The lowest BCUT2D eigenvalue weighted by atomic mass is 10.2. The molecule has 1 aromatic heterocycles. The van der Waals surface area contributed by atoms with Crippen LogP contribution >= 0.6 is 11.8 Å². The second-order valence-electron chi connectivity index (χ2n) is 4.27. The Balaban J connectivity index is 2.49. The van der Waals surface area contributed by atoms with Crippen LogP contribution in [-0.2, 0) is 15.9 Å². The number of H-pyrrole nitrogens is 1. The monoisotopic (exact) mass is 300 g/mol. The number of hydrogen-bond donors (Lipinski definition) is 1. The number of nitrogens with one attached hydrogen (secondary N) is 1. The highest BCUT2D eigenvalue weighted by atomic mass is 32.2. The van der Waals surface area contributed by atoms with Crippen LogP contribution < -0.4 is 5.56 Å². The second-order valence-corrected chi connectivity index (χ2v) is 5.35. The molecular formula is C14H24N2O3S. The Morgan fingerprint density at radius 1 is 1.30 bits per heavy atom. The molecule has 0 spiro atoms. The number of nitrogens with zero attached hydrogens (tertiary/aromatic N) is 1. The van der Waals surface area contributed by atoms with Crippen LogP contribution in [0.3, 0.4) is 0 Å². The number of hydrogen-bond acceptors (Lipinski definition) is 5. The molecule has 0 aromatic carbocycles. The van der Waals surface area contributed by atoms with E-state index < -0.39 is 0 Å². The first-order valence-corrected chi connectivity index (χ1v) is 8.14. The third kappa shape index (κ3) is 6.54. The molecule has 20 heavy (non-hydrogen) atoms. The SMILES string of the molecule is CCCc1cc(=O)[nH]c(SCCC(OCC)OCC)n1. The van der Waals surface area contributed by atoms with E-state index in [2.05, 4.69) is 16.9 Å². The number of ether oxygens (including phenoxy) is 2. The van der Waals surface area contributed by atoms with Gasteiger partial charge in [-0.2, -0.15) is 0 Å². The van der Waals surface area contributed by atoms with Crippen molar-refractivity contribution in [1.29, 1.82) is 0 Å².